The summed E-state index contributed by atoms with van der Waals surface area (Å²) in [5, 5.41) is 0.597. The van der Waals surface area contributed by atoms with Crippen molar-refractivity contribution in [2.75, 3.05) is 0 Å². The Kier molecular flexibility index (Phi) is 4.23. The summed E-state index contributed by atoms with van der Waals surface area (Å²) in [6.45, 7) is 3.80. The summed E-state index contributed by atoms with van der Waals surface area (Å²) in [6.07, 6.45) is 0. The van der Waals surface area contributed by atoms with Crippen LogP contribution in [-0.2, 0) is 9.84 Å². The lowest BCUT2D eigenvalue weighted by Gasteiger charge is -2.01. The molecular weight excluding hydrogens is 352 g/mol. The minimum atomic E-state index is -3.65. The molecule has 0 aliphatic heterocycles. The molecule has 118 valence electrons. The predicted octanol–water partition coefficient (Wildman–Crippen LogP) is 4.31. The van der Waals surface area contributed by atoms with Crippen LogP contribution in [0.15, 0.2) is 51.7 Å². The highest BCUT2D eigenvalue weighted by atomic mass is 35.5. The lowest BCUT2D eigenvalue weighted by atomic mass is 10.1. The van der Waals surface area contributed by atoms with Gasteiger partial charge in [0.15, 0.2) is 5.82 Å². The second-order valence-corrected chi connectivity index (χ2v) is 8.45. The average Bonchev–Trinajstić information content (AvgIpc) is 3.01. The van der Waals surface area contributed by atoms with Crippen LogP contribution in [0.1, 0.15) is 11.1 Å². The summed E-state index contributed by atoms with van der Waals surface area (Å²) in [4.78, 5) is 4.40. The van der Waals surface area contributed by atoms with E-state index in [0.29, 0.717) is 16.4 Å². The van der Waals surface area contributed by atoms with Crippen molar-refractivity contribution in [1.29, 1.82) is 0 Å². The fraction of sp³-hybridized carbons (Fsp3) is 0.125. The van der Waals surface area contributed by atoms with Crippen LogP contribution in [0.5, 0.6) is 0 Å². The van der Waals surface area contributed by atoms with Gasteiger partial charge in [0.1, 0.15) is 0 Å². The van der Waals surface area contributed by atoms with Crippen LogP contribution in [0.4, 0.5) is 0 Å². The van der Waals surface area contributed by atoms with Crippen LogP contribution < -0.4 is 0 Å². The second kappa shape index (κ2) is 6.03. The van der Waals surface area contributed by atoms with Gasteiger partial charge in [-0.3, -0.25) is 0 Å². The van der Waals surface area contributed by atoms with Gasteiger partial charge in [0.2, 0.25) is 14.2 Å². The Hall–Kier alpha value is -1.76. The van der Waals surface area contributed by atoms with Gasteiger partial charge in [-0.05, 0) is 49.1 Å². The van der Waals surface area contributed by atoms with E-state index < -0.39 is 9.84 Å². The normalized spacial score (nSPS) is 11.6. The molecule has 0 atom stereocenters. The van der Waals surface area contributed by atoms with Crippen LogP contribution in [0.25, 0.3) is 11.4 Å². The first-order valence-electron chi connectivity index (χ1n) is 6.80. The molecule has 3 rings (SSSR count). The van der Waals surface area contributed by atoms with Crippen LogP contribution in [0.3, 0.4) is 0 Å². The Bertz CT molecular complexity index is 964. The van der Waals surface area contributed by atoms with Crippen LogP contribution in [-0.4, -0.2) is 17.8 Å². The molecule has 7 heteroatoms. The molecule has 4 nitrogen and oxygen atoms in total. The number of benzene rings is 2. The molecule has 0 saturated heterocycles. The number of aromatic nitrogens is 2. The van der Waals surface area contributed by atoms with Crippen LogP contribution in [0, 0.1) is 13.8 Å². The van der Waals surface area contributed by atoms with Gasteiger partial charge in [-0.2, -0.15) is 4.37 Å². The van der Waals surface area contributed by atoms with Crippen molar-refractivity contribution in [3.8, 4) is 11.4 Å². The maximum Gasteiger partial charge on any atom is 0.235 e. The Morgan fingerprint density at radius 3 is 2.39 bits per heavy atom. The minimum absolute atomic E-state index is 0.0203. The van der Waals surface area contributed by atoms with Crippen LogP contribution >= 0.6 is 23.1 Å². The van der Waals surface area contributed by atoms with E-state index in [1.54, 1.807) is 30.3 Å². The van der Waals surface area contributed by atoms with Crippen molar-refractivity contribution in [2.24, 2.45) is 0 Å². The summed E-state index contributed by atoms with van der Waals surface area (Å²) >= 11 is 6.97. The Balaban J connectivity index is 2.01. The van der Waals surface area contributed by atoms with Gasteiger partial charge < -0.3 is 0 Å². The zero-order valence-electron chi connectivity index (χ0n) is 12.4. The molecule has 0 bridgehead atoms. The third kappa shape index (κ3) is 3.15. The first-order chi connectivity index (χ1) is 10.9. The van der Waals surface area contributed by atoms with Gasteiger partial charge in [-0.15, -0.1) is 0 Å². The fourth-order valence-electron chi connectivity index (χ4n) is 1.99. The highest BCUT2D eigenvalue weighted by Gasteiger charge is 2.23. The molecule has 0 radical (unpaired) electrons. The van der Waals surface area contributed by atoms with E-state index in [4.69, 9.17) is 11.6 Å². The molecule has 0 fully saturated rings. The molecule has 0 spiro atoms. The van der Waals surface area contributed by atoms with E-state index in [2.05, 4.69) is 9.36 Å². The van der Waals surface area contributed by atoms with E-state index >= 15 is 0 Å². The number of rotatable bonds is 3. The summed E-state index contributed by atoms with van der Waals surface area (Å²) in [6, 6.07) is 12.1. The summed E-state index contributed by atoms with van der Waals surface area (Å²) in [5.41, 5.74) is 2.64. The smallest absolute Gasteiger partial charge is 0.216 e. The van der Waals surface area contributed by atoms with Gasteiger partial charge in [0, 0.05) is 10.6 Å². The number of halogens is 1. The number of hydrogen-bond donors (Lipinski definition) is 0. The van der Waals surface area contributed by atoms with Gasteiger partial charge in [-0.1, -0.05) is 41.4 Å². The molecule has 2 aromatic carbocycles. The van der Waals surface area contributed by atoms with Gasteiger partial charge in [0.25, 0.3) is 0 Å². The quantitative estimate of drug-likeness (QED) is 0.694. The first kappa shape index (κ1) is 16.1. The molecule has 1 aromatic heterocycles. The zero-order chi connectivity index (χ0) is 16.6. The third-order valence-electron chi connectivity index (χ3n) is 3.40. The molecule has 0 amide bonds. The summed E-state index contributed by atoms with van der Waals surface area (Å²) in [5.74, 6) is 0.364. The molecule has 23 heavy (non-hydrogen) atoms. The fourth-order valence-corrected chi connectivity index (χ4v) is 4.30. The lowest BCUT2D eigenvalue weighted by Crippen LogP contribution is -2.01. The topological polar surface area (TPSA) is 59.9 Å². The molecule has 0 N–H and O–H groups in total. The average molecular weight is 365 g/mol. The maximum atomic E-state index is 12.6. The lowest BCUT2D eigenvalue weighted by molar-refractivity contribution is 0.595. The minimum Gasteiger partial charge on any atom is -0.216 e. The molecule has 3 aromatic rings. The Morgan fingerprint density at radius 1 is 1.04 bits per heavy atom. The Labute approximate surface area is 143 Å². The van der Waals surface area contributed by atoms with Gasteiger partial charge in [-0.25, -0.2) is 13.4 Å². The van der Waals surface area contributed by atoms with Crippen molar-refractivity contribution in [1.82, 2.24) is 9.36 Å². The van der Waals surface area contributed by atoms with Crippen molar-refractivity contribution < 1.29 is 8.42 Å². The number of hydrogen-bond acceptors (Lipinski definition) is 5. The highest BCUT2D eigenvalue weighted by Crippen LogP contribution is 2.28. The molecule has 0 unspecified atom stereocenters. The van der Waals surface area contributed by atoms with Gasteiger partial charge >= 0.3 is 0 Å². The monoisotopic (exact) mass is 364 g/mol. The standard InChI is InChI=1S/C16H13ClN2O2S2/c1-10-3-7-13(8-4-10)23(20,21)16-18-15(19-22-16)12-6-5-11(2)14(17)9-12/h3-9H,1-2H3. The predicted molar refractivity (Wildman–Crippen MR) is 91.7 cm³/mol. The molecular formula is C16H13ClN2O2S2. The van der Waals surface area contributed by atoms with Crippen molar-refractivity contribution >= 4 is 33.0 Å². The molecule has 1 heterocycles. The SMILES string of the molecule is Cc1ccc(S(=O)(=O)c2nc(-c3ccc(C)c(Cl)c3)ns2)cc1. The molecule has 0 aliphatic rings. The Morgan fingerprint density at radius 2 is 1.74 bits per heavy atom. The van der Waals surface area contributed by atoms with E-state index in [-0.39, 0.29) is 9.24 Å². The second-order valence-electron chi connectivity index (χ2n) is 5.16. The largest absolute Gasteiger partial charge is 0.235 e. The van der Waals surface area contributed by atoms with E-state index in [9.17, 15) is 8.42 Å². The highest BCUT2D eigenvalue weighted by molar-refractivity contribution is 7.93. The number of sulfone groups is 1. The van der Waals surface area contributed by atoms with E-state index in [0.717, 1.165) is 22.7 Å². The van der Waals surface area contributed by atoms with E-state index in [1.165, 1.54) is 0 Å². The number of aryl methyl sites for hydroxylation is 2. The summed E-state index contributed by atoms with van der Waals surface area (Å²) < 4.78 is 29.3. The molecule has 0 aliphatic carbocycles. The first-order valence-corrected chi connectivity index (χ1v) is 9.43. The van der Waals surface area contributed by atoms with Crippen molar-refractivity contribution in [3.05, 3.63) is 58.6 Å². The van der Waals surface area contributed by atoms with Crippen molar-refractivity contribution in [2.45, 2.75) is 23.1 Å². The van der Waals surface area contributed by atoms with E-state index in [1.807, 2.05) is 26.0 Å². The van der Waals surface area contributed by atoms with Crippen LogP contribution in [0.2, 0.25) is 5.02 Å². The molecule has 0 saturated carbocycles. The third-order valence-corrected chi connectivity index (χ3v) is 6.64. The summed E-state index contributed by atoms with van der Waals surface area (Å²) in [7, 11) is -3.65. The van der Waals surface area contributed by atoms with Gasteiger partial charge in [0.05, 0.1) is 4.90 Å². The number of nitrogens with zero attached hydrogens (tertiary/aromatic N) is 2. The van der Waals surface area contributed by atoms with Crippen molar-refractivity contribution in [3.63, 3.8) is 0 Å². The zero-order valence-corrected chi connectivity index (χ0v) is 14.8. The maximum absolute atomic E-state index is 12.6.